The smallest absolute Gasteiger partial charge is 0.319 e. The van der Waals surface area contributed by atoms with Crippen LogP contribution < -0.4 is 5.32 Å². The van der Waals surface area contributed by atoms with Crippen LogP contribution >= 0.6 is 0 Å². The summed E-state index contributed by atoms with van der Waals surface area (Å²) in [5, 5.41) is 3.11. The van der Waals surface area contributed by atoms with Gasteiger partial charge in [-0.2, -0.15) is 0 Å². The van der Waals surface area contributed by atoms with E-state index in [0.29, 0.717) is 12.5 Å². The third-order valence-electron chi connectivity index (χ3n) is 2.94. The van der Waals surface area contributed by atoms with Gasteiger partial charge in [0.05, 0.1) is 13.2 Å². The predicted octanol–water partition coefficient (Wildman–Crippen LogP) is 2.05. The molecule has 0 spiro atoms. The quantitative estimate of drug-likeness (QED) is 0.725. The number of hydrogen-bond donors (Lipinski definition) is 1. The molecular formula is C13H21NO2. The van der Waals surface area contributed by atoms with Crippen molar-refractivity contribution in [3.05, 3.63) is 23.3 Å². The summed E-state index contributed by atoms with van der Waals surface area (Å²) in [6, 6.07) is 0. The highest BCUT2D eigenvalue weighted by atomic mass is 16.5. The number of nitrogens with one attached hydrogen (secondary N) is 1. The second kappa shape index (κ2) is 6.48. The molecule has 0 unspecified atom stereocenters. The lowest BCUT2D eigenvalue weighted by Gasteiger charge is -2.19. The molecule has 0 radical (unpaired) electrons. The van der Waals surface area contributed by atoms with Gasteiger partial charge in [0.15, 0.2) is 0 Å². The molecule has 0 aromatic rings. The molecule has 0 aromatic heterocycles. The van der Waals surface area contributed by atoms with Crippen molar-refractivity contribution in [1.82, 2.24) is 5.32 Å². The van der Waals surface area contributed by atoms with Gasteiger partial charge in [-0.15, -0.1) is 0 Å². The Morgan fingerprint density at radius 2 is 2.38 bits per heavy atom. The Balaban J connectivity index is 2.35. The normalized spacial score (nSPS) is 20.1. The zero-order valence-electron chi connectivity index (χ0n) is 10.4. The minimum absolute atomic E-state index is 0.186. The Labute approximate surface area is 97.6 Å². The standard InChI is InChI=1S/C13H21NO2/c1-4-16-13(15)9-14-8-12-7-5-6-10(2)11(12)3/h5,7,10,14H,4,6,8-9H2,1-3H3/t10-/m1/s1. The van der Waals surface area contributed by atoms with Crippen LogP contribution in [0.25, 0.3) is 0 Å². The summed E-state index contributed by atoms with van der Waals surface area (Å²) in [7, 11) is 0. The van der Waals surface area contributed by atoms with Crippen molar-refractivity contribution in [3.63, 3.8) is 0 Å². The summed E-state index contributed by atoms with van der Waals surface area (Å²) in [5.41, 5.74) is 2.71. The molecule has 0 aliphatic heterocycles. The van der Waals surface area contributed by atoms with Gasteiger partial charge >= 0.3 is 5.97 Å². The van der Waals surface area contributed by atoms with E-state index in [1.165, 1.54) is 11.1 Å². The van der Waals surface area contributed by atoms with Crippen molar-refractivity contribution < 1.29 is 9.53 Å². The average Bonchev–Trinajstić information content (AvgIpc) is 2.25. The fourth-order valence-corrected chi connectivity index (χ4v) is 1.75. The molecule has 90 valence electrons. The van der Waals surface area contributed by atoms with Gasteiger partial charge in [0.25, 0.3) is 0 Å². The first-order chi connectivity index (χ1) is 7.65. The molecule has 1 N–H and O–H groups in total. The van der Waals surface area contributed by atoms with E-state index < -0.39 is 0 Å². The molecule has 1 aliphatic carbocycles. The molecule has 0 bridgehead atoms. The van der Waals surface area contributed by atoms with Crippen LogP contribution in [0.15, 0.2) is 23.3 Å². The maximum atomic E-state index is 11.1. The number of carbonyl (C=O) groups is 1. The zero-order valence-corrected chi connectivity index (χ0v) is 10.4. The van der Waals surface area contributed by atoms with Gasteiger partial charge in [-0.25, -0.2) is 0 Å². The summed E-state index contributed by atoms with van der Waals surface area (Å²) in [5.74, 6) is 0.429. The highest BCUT2D eigenvalue weighted by Gasteiger charge is 2.11. The van der Waals surface area contributed by atoms with Gasteiger partial charge in [-0.05, 0) is 31.8 Å². The molecule has 1 aliphatic rings. The fraction of sp³-hybridized carbons (Fsp3) is 0.615. The second-order valence-electron chi connectivity index (χ2n) is 4.16. The summed E-state index contributed by atoms with van der Waals surface area (Å²) < 4.78 is 4.84. The molecular weight excluding hydrogens is 202 g/mol. The largest absolute Gasteiger partial charge is 0.465 e. The highest BCUT2D eigenvalue weighted by molar-refractivity contribution is 5.71. The van der Waals surface area contributed by atoms with Crippen LogP contribution in [0.5, 0.6) is 0 Å². The van der Waals surface area contributed by atoms with Crippen LogP contribution in [0.3, 0.4) is 0 Å². The summed E-state index contributed by atoms with van der Waals surface area (Å²) in [6.07, 6.45) is 5.46. The van der Waals surface area contributed by atoms with E-state index in [1.54, 1.807) is 0 Å². The first kappa shape index (κ1) is 13.0. The second-order valence-corrected chi connectivity index (χ2v) is 4.16. The number of allylic oxidation sites excluding steroid dienone is 2. The van der Waals surface area contributed by atoms with Crippen molar-refractivity contribution in [2.24, 2.45) is 5.92 Å². The molecule has 0 saturated carbocycles. The van der Waals surface area contributed by atoms with Gasteiger partial charge in [0, 0.05) is 6.54 Å². The molecule has 1 rings (SSSR count). The number of esters is 1. The van der Waals surface area contributed by atoms with E-state index >= 15 is 0 Å². The fourth-order valence-electron chi connectivity index (χ4n) is 1.75. The van der Waals surface area contributed by atoms with Crippen molar-refractivity contribution in [3.8, 4) is 0 Å². The summed E-state index contributed by atoms with van der Waals surface area (Å²) >= 11 is 0. The molecule has 0 fully saturated rings. The van der Waals surface area contributed by atoms with Crippen LogP contribution in [0, 0.1) is 5.92 Å². The SMILES string of the molecule is CCOC(=O)CNCC1=C(C)[C@H](C)CC=C1. The maximum absolute atomic E-state index is 11.1. The maximum Gasteiger partial charge on any atom is 0.319 e. The third-order valence-corrected chi connectivity index (χ3v) is 2.94. The van der Waals surface area contributed by atoms with Gasteiger partial charge in [0.1, 0.15) is 0 Å². The Morgan fingerprint density at radius 3 is 3.06 bits per heavy atom. The van der Waals surface area contributed by atoms with Crippen LogP contribution in [0.2, 0.25) is 0 Å². The van der Waals surface area contributed by atoms with E-state index in [-0.39, 0.29) is 12.5 Å². The van der Waals surface area contributed by atoms with Crippen molar-refractivity contribution in [2.75, 3.05) is 19.7 Å². The van der Waals surface area contributed by atoms with Crippen LogP contribution in [-0.4, -0.2) is 25.7 Å². The van der Waals surface area contributed by atoms with E-state index in [1.807, 2.05) is 6.92 Å². The Bertz CT molecular complexity index is 305. The first-order valence-electron chi connectivity index (χ1n) is 5.87. The van der Waals surface area contributed by atoms with Gasteiger partial charge in [-0.1, -0.05) is 24.6 Å². The summed E-state index contributed by atoms with van der Waals surface area (Å²) in [6.45, 7) is 7.67. The zero-order chi connectivity index (χ0) is 12.0. The third kappa shape index (κ3) is 3.81. The lowest BCUT2D eigenvalue weighted by atomic mass is 9.89. The van der Waals surface area contributed by atoms with Crippen LogP contribution in [0.4, 0.5) is 0 Å². The van der Waals surface area contributed by atoms with E-state index in [2.05, 4.69) is 31.3 Å². The molecule has 1 atom stereocenters. The van der Waals surface area contributed by atoms with E-state index in [9.17, 15) is 4.79 Å². The molecule has 3 heteroatoms. The van der Waals surface area contributed by atoms with E-state index in [0.717, 1.165) is 13.0 Å². The summed E-state index contributed by atoms with van der Waals surface area (Å²) in [4.78, 5) is 11.1. The molecule has 0 heterocycles. The Hall–Kier alpha value is -1.09. The number of ether oxygens (including phenoxy) is 1. The Morgan fingerprint density at radius 1 is 1.62 bits per heavy atom. The minimum atomic E-state index is -0.186. The molecule has 0 aromatic carbocycles. The monoisotopic (exact) mass is 223 g/mol. The van der Waals surface area contributed by atoms with E-state index in [4.69, 9.17) is 4.74 Å². The predicted molar refractivity (Wildman–Crippen MR) is 65.1 cm³/mol. The highest BCUT2D eigenvalue weighted by Crippen LogP contribution is 2.23. The molecule has 3 nitrogen and oxygen atoms in total. The first-order valence-corrected chi connectivity index (χ1v) is 5.87. The number of carbonyl (C=O) groups excluding carboxylic acids is 1. The Kier molecular flexibility index (Phi) is 5.26. The van der Waals surface area contributed by atoms with Gasteiger partial charge in [0.2, 0.25) is 0 Å². The van der Waals surface area contributed by atoms with Crippen LogP contribution in [-0.2, 0) is 9.53 Å². The van der Waals surface area contributed by atoms with Crippen molar-refractivity contribution in [1.29, 1.82) is 0 Å². The number of rotatable bonds is 5. The lowest BCUT2D eigenvalue weighted by Crippen LogP contribution is -2.27. The van der Waals surface area contributed by atoms with Crippen molar-refractivity contribution >= 4 is 5.97 Å². The van der Waals surface area contributed by atoms with Gasteiger partial charge in [-0.3, -0.25) is 4.79 Å². The minimum Gasteiger partial charge on any atom is -0.465 e. The van der Waals surface area contributed by atoms with Crippen LogP contribution in [0.1, 0.15) is 27.2 Å². The lowest BCUT2D eigenvalue weighted by molar-refractivity contribution is -0.141. The molecule has 16 heavy (non-hydrogen) atoms. The van der Waals surface area contributed by atoms with Crippen molar-refractivity contribution in [2.45, 2.75) is 27.2 Å². The topological polar surface area (TPSA) is 38.3 Å². The van der Waals surface area contributed by atoms with Gasteiger partial charge < -0.3 is 10.1 Å². The number of hydrogen-bond acceptors (Lipinski definition) is 3. The molecule has 0 saturated heterocycles. The molecule has 0 amide bonds. The average molecular weight is 223 g/mol.